The molecule has 1 amide bonds. The number of rotatable bonds is 4. The Bertz CT molecular complexity index is 1460. The highest BCUT2D eigenvalue weighted by molar-refractivity contribution is 5.84. The Kier molecular flexibility index (Phi) is 8.16. The number of aliphatic hydroxyl groups is 4. The largest absolute Gasteiger partial charge is 0.393 e. The minimum absolute atomic E-state index is 0.0215. The van der Waals surface area contributed by atoms with Gasteiger partial charge in [-0.05, 0) is 109 Å². The fourth-order valence-electron chi connectivity index (χ4n) is 12.5. The lowest BCUT2D eigenvalue weighted by Gasteiger charge is -2.71. The first-order valence-corrected chi connectivity index (χ1v) is 18.6. The molecule has 10 heteroatoms. The molecular weight excluding hydrogens is 608 g/mol. The summed E-state index contributed by atoms with van der Waals surface area (Å²) in [5, 5.41) is 53.0. The molecule has 5 fully saturated rings. The Morgan fingerprint density at radius 3 is 2.42 bits per heavy atom. The van der Waals surface area contributed by atoms with Crippen LogP contribution in [-0.4, -0.2) is 72.3 Å². The Morgan fingerprint density at radius 1 is 0.938 bits per heavy atom. The molecule has 0 spiro atoms. The Labute approximate surface area is 286 Å². The Morgan fingerprint density at radius 2 is 1.67 bits per heavy atom. The number of fused-ring (bicyclic) bond motifs is 7. The smallest absolute Gasteiger partial charge is 0.227 e. The molecule has 6 aliphatic rings. The average molecular weight is 669 g/mol. The number of nitrogens with one attached hydrogen (secondary N) is 1. The van der Waals surface area contributed by atoms with E-state index in [2.05, 4.69) is 70.2 Å². The first-order valence-electron chi connectivity index (χ1n) is 18.6. The number of hydrogen-bond donors (Lipinski definition) is 5. The van der Waals surface area contributed by atoms with Gasteiger partial charge in [0.1, 0.15) is 24.0 Å². The van der Waals surface area contributed by atoms with Gasteiger partial charge in [0.05, 0.1) is 30.9 Å². The molecule has 0 bridgehead atoms. The van der Waals surface area contributed by atoms with Crippen molar-refractivity contribution in [1.82, 2.24) is 20.3 Å². The van der Waals surface area contributed by atoms with Crippen LogP contribution in [0.3, 0.4) is 0 Å². The molecule has 1 aromatic heterocycles. The maximum absolute atomic E-state index is 14.5. The van der Waals surface area contributed by atoms with Crippen LogP contribution in [0.2, 0.25) is 0 Å². The van der Waals surface area contributed by atoms with Gasteiger partial charge in [0.15, 0.2) is 6.23 Å². The SMILES string of the molecule is CC1(C)CC[C@]2(C(=O)NCc3cn([C@@H]4OC[C@@H](O)[C@H](O)[C@H]4O)nn3)CC[C@]3(C)C(=CC[C@@H]4[C@@]5(C)CC[C@H](O)C(C)(C)[C@@H]5CC[C@]43C)[C@@H]2C1. The first kappa shape index (κ1) is 34.6. The molecule has 0 unspecified atom stereocenters. The molecule has 10 nitrogen and oxygen atoms in total. The van der Waals surface area contributed by atoms with Crippen molar-refractivity contribution in [2.45, 2.75) is 150 Å². The molecule has 7 rings (SSSR count). The lowest BCUT2D eigenvalue weighted by Crippen LogP contribution is -2.65. The fourth-order valence-corrected chi connectivity index (χ4v) is 12.5. The molecular formula is C38H60N4O6. The standard InChI is InChI=1S/C38H60N4O6/c1-33(2)14-16-38(32(47)39-19-22-20-42(41-40-22)31-30(46)29(45)25(43)21-48-31)17-15-36(6)23(24(38)18-33)8-9-27-35(5)12-11-28(44)34(3,4)26(35)10-13-37(27,36)7/h8,20,24-31,43-46H,9-19,21H2,1-7H3,(H,39,47)/t24-,25+,26-,27+,28-,29-,30+,31+,35-,36+,37+,38-/m0/s1. The summed E-state index contributed by atoms with van der Waals surface area (Å²) in [4.78, 5) is 14.5. The van der Waals surface area contributed by atoms with Gasteiger partial charge in [-0.15, -0.1) is 5.10 Å². The van der Waals surface area contributed by atoms with Crippen LogP contribution in [0.4, 0.5) is 0 Å². The summed E-state index contributed by atoms with van der Waals surface area (Å²) < 4.78 is 6.89. The molecule has 268 valence electrons. The first-order chi connectivity index (χ1) is 22.4. The predicted molar refractivity (Wildman–Crippen MR) is 180 cm³/mol. The number of carbonyl (C=O) groups excluding carboxylic acids is 1. The van der Waals surface area contributed by atoms with Crippen molar-refractivity contribution in [3.05, 3.63) is 23.5 Å². The van der Waals surface area contributed by atoms with Gasteiger partial charge in [0.2, 0.25) is 5.91 Å². The van der Waals surface area contributed by atoms with Crippen LogP contribution < -0.4 is 5.32 Å². The minimum atomic E-state index is -1.35. The van der Waals surface area contributed by atoms with E-state index in [1.54, 1.807) is 6.20 Å². The molecule has 5 aliphatic carbocycles. The Hall–Kier alpha value is -1.85. The lowest BCUT2D eigenvalue weighted by molar-refractivity contribution is -0.214. The third-order valence-electron chi connectivity index (χ3n) is 15.8. The van der Waals surface area contributed by atoms with E-state index in [4.69, 9.17) is 4.74 Å². The third-order valence-corrected chi connectivity index (χ3v) is 15.8. The van der Waals surface area contributed by atoms with E-state index < -0.39 is 30.0 Å². The summed E-state index contributed by atoms with van der Waals surface area (Å²) in [6.07, 6.45) is 9.27. The monoisotopic (exact) mass is 668 g/mol. The number of amides is 1. The topological polar surface area (TPSA) is 150 Å². The molecule has 0 aromatic carbocycles. The quantitative estimate of drug-likeness (QED) is 0.291. The normalized spacial score (nSPS) is 47.9. The maximum atomic E-state index is 14.5. The highest BCUT2D eigenvalue weighted by Gasteiger charge is 2.69. The van der Waals surface area contributed by atoms with Crippen molar-refractivity contribution in [3.63, 3.8) is 0 Å². The zero-order chi connectivity index (χ0) is 34.7. The summed E-state index contributed by atoms with van der Waals surface area (Å²) in [6, 6.07) is 0. The van der Waals surface area contributed by atoms with E-state index in [1.165, 1.54) is 16.7 Å². The van der Waals surface area contributed by atoms with E-state index in [-0.39, 0.29) is 58.2 Å². The van der Waals surface area contributed by atoms with E-state index in [0.717, 1.165) is 57.8 Å². The molecule has 1 aromatic rings. The van der Waals surface area contributed by atoms with Crippen molar-refractivity contribution in [2.24, 2.45) is 50.2 Å². The van der Waals surface area contributed by atoms with E-state index in [9.17, 15) is 25.2 Å². The van der Waals surface area contributed by atoms with Crippen LogP contribution in [0.15, 0.2) is 17.8 Å². The second-order valence-corrected chi connectivity index (χ2v) is 18.9. The van der Waals surface area contributed by atoms with Gasteiger partial charge in [-0.25, -0.2) is 4.68 Å². The van der Waals surface area contributed by atoms with Crippen molar-refractivity contribution < 1.29 is 30.0 Å². The molecule has 5 N–H and O–H groups in total. The van der Waals surface area contributed by atoms with Gasteiger partial charge in [-0.2, -0.15) is 0 Å². The van der Waals surface area contributed by atoms with Crippen LogP contribution in [0.1, 0.15) is 125 Å². The molecule has 1 aliphatic heterocycles. The van der Waals surface area contributed by atoms with Crippen molar-refractivity contribution in [1.29, 1.82) is 0 Å². The van der Waals surface area contributed by atoms with Gasteiger partial charge in [0.25, 0.3) is 0 Å². The van der Waals surface area contributed by atoms with E-state index >= 15 is 0 Å². The molecule has 48 heavy (non-hydrogen) atoms. The summed E-state index contributed by atoms with van der Waals surface area (Å²) in [6.45, 7) is 17.1. The minimum Gasteiger partial charge on any atom is -0.393 e. The summed E-state index contributed by atoms with van der Waals surface area (Å²) in [5.74, 6) is 1.34. The number of aliphatic hydroxyl groups excluding tert-OH is 4. The third kappa shape index (κ3) is 4.85. The summed E-state index contributed by atoms with van der Waals surface area (Å²) in [5.41, 5.74) is 2.02. The molecule has 0 radical (unpaired) electrons. The second-order valence-electron chi connectivity index (χ2n) is 18.9. The predicted octanol–water partition coefficient (Wildman–Crippen LogP) is 4.67. The molecule has 1 saturated heterocycles. The van der Waals surface area contributed by atoms with Gasteiger partial charge in [-0.3, -0.25) is 4.79 Å². The van der Waals surface area contributed by atoms with Crippen molar-refractivity contribution in [3.8, 4) is 0 Å². The zero-order valence-electron chi connectivity index (χ0n) is 30.2. The number of nitrogens with zero attached hydrogens (tertiary/aromatic N) is 3. The van der Waals surface area contributed by atoms with Crippen LogP contribution in [0.5, 0.6) is 0 Å². The maximum Gasteiger partial charge on any atom is 0.227 e. The number of allylic oxidation sites excluding steroid dienone is 2. The Balaban J connectivity index is 1.15. The number of hydrogen-bond acceptors (Lipinski definition) is 8. The molecule has 2 heterocycles. The van der Waals surface area contributed by atoms with Crippen molar-refractivity contribution in [2.75, 3.05) is 6.61 Å². The summed E-state index contributed by atoms with van der Waals surface area (Å²) >= 11 is 0. The number of aromatic nitrogens is 3. The van der Waals surface area contributed by atoms with Gasteiger partial charge in [0, 0.05) is 0 Å². The molecule has 12 atom stereocenters. The van der Waals surface area contributed by atoms with E-state index in [1.807, 2.05) is 0 Å². The second kappa shape index (κ2) is 11.3. The number of carbonyl (C=O) groups is 1. The van der Waals surface area contributed by atoms with Gasteiger partial charge < -0.3 is 30.5 Å². The van der Waals surface area contributed by atoms with Crippen LogP contribution in [0.25, 0.3) is 0 Å². The fraction of sp³-hybridized carbons (Fsp3) is 0.868. The van der Waals surface area contributed by atoms with E-state index in [0.29, 0.717) is 17.5 Å². The highest BCUT2D eigenvalue weighted by atomic mass is 16.5. The van der Waals surface area contributed by atoms with Crippen LogP contribution >= 0.6 is 0 Å². The zero-order valence-corrected chi connectivity index (χ0v) is 30.2. The highest BCUT2D eigenvalue weighted by Crippen LogP contribution is 2.75. The lowest BCUT2D eigenvalue weighted by atomic mass is 9.33. The van der Waals surface area contributed by atoms with Crippen molar-refractivity contribution >= 4 is 5.91 Å². The number of ether oxygens (including phenoxy) is 1. The molecule has 4 saturated carbocycles. The average Bonchev–Trinajstić information content (AvgIpc) is 3.49. The van der Waals surface area contributed by atoms with Gasteiger partial charge in [-0.1, -0.05) is 65.3 Å². The van der Waals surface area contributed by atoms with Crippen LogP contribution in [-0.2, 0) is 16.1 Å². The summed E-state index contributed by atoms with van der Waals surface area (Å²) in [7, 11) is 0. The van der Waals surface area contributed by atoms with Gasteiger partial charge >= 0.3 is 0 Å². The van der Waals surface area contributed by atoms with Crippen LogP contribution in [0, 0.1) is 50.2 Å².